The van der Waals surface area contributed by atoms with Crippen molar-refractivity contribution in [3.05, 3.63) is 52.1 Å². The van der Waals surface area contributed by atoms with Gasteiger partial charge in [0.1, 0.15) is 15.8 Å². The first-order valence-corrected chi connectivity index (χ1v) is 12.6. The number of nitrogens with zero attached hydrogens (tertiary/aromatic N) is 2. The highest BCUT2D eigenvalue weighted by molar-refractivity contribution is 8.26. The van der Waals surface area contributed by atoms with Crippen molar-refractivity contribution in [2.75, 3.05) is 19.6 Å². The zero-order valence-corrected chi connectivity index (χ0v) is 21.1. The predicted octanol–water partition coefficient (Wildman–Crippen LogP) is 6.12. The second-order valence-electron chi connectivity index (χ2n) is 8.76. The maximum atomic E-state index is 13.2. The number of hydrogen-bond donors (Lipinski definition) is 1. The van der Waals surface area contributed by atoms with E-state index in [0.717, 1.165) is 11.8 Å². The summed E-state index contributed by atoms with van der Waals surface area (Å²) in [6.45, 7) is 1.62. The van der Waals surface area contributed by atoms with Crippen LogP contribution in [0, 0.1) is 0 Å². The molecular formula is C24H20F6N2O4S2. The largest absolute Gasteiger partial charge is 0.481 e. The number of benzene rings is 1. The quantitative estimate of drug-likeness (QED) is 0.251. The Morgan fingerprint density at radius 1 is 1.08 bits per heavy atom. The van der Waals surface area contributed by atoms with Gasteiger partial charge in [0.25, 0.3) is 5.91 Å². The monoisotopic (exact) mass is 578 g/mol. The topological polar surface area (TPSA) is 74.0 Å². The molecule has 2 aromatic rings. The molecule has 0 aliphatic carbocycles. The van der Waals surface area contributed by atoms with Crippen LogP contribution in [-0.2, 0) is 21.9 Å². The van der Waals surface area contributed by atoms with Gasteiger partial charge in [0.15, 0.2) is 0 Å². The van der Waals surface area contributed by atoms with Gasteiger partial charge in [0.05, 0.1) is 22.5 Å². The van der Waals surface area contributed by atoms with Crippen molar-refractivity contribution in [1.29, 1.82) is 0 Å². The van der Waals surface area contributed by atoms with Crippen molar-refractivity contribution >= 4 is 46.3 Å². The van der Waals surface area contributed by atoms with Crippen LogP contribution in [0.2, 0.25) is 0 Å². The van der Waals surface area contributed by atoms with E-state index in [1.54, 1.807) is 0 Å². The van der Waals surface area contributed by atoms with Crippen LogP contribution in [0.1, 0.15) is 36.1 Å². The summed E-state index contributed by atoms with van der Waals surface area (Å²) >= 11 is 6.40. The first-order valence-electron chi connectivity index (χ1n) is 11.3. The van der Waals surface area contributed by atoms with Crippen molar-refractivity contribution < 1.29 is 45.5 Å². The minimum Gasteiger partial charge on any atom is -0.481 e. The third kappa shape index (κ3) is 6.41. The van der Waals surface area contributed by atoms with Crippen molar-refractivity contribution in [3.63, 3.8) is 0 Å². The number of hydrogen-bond acceptors (Lipinski definition) is 6. The van der Waals surface area contributed by atoms with Crippen LogP contribution < -0.4 is 0 Å². The van der Waals surface area contributed by atoms with Gasteiger partial charge < -0.3 is 14.4 Å². The number of furan rings is 1. The Balaban J connectivity index is 1.51. The van der Waals surface area contributed by atoms with Gasteiger partial charge in [-0.2, -0.15) is 26.3 Å². The average molecular weight is 579 g/mol. The molecule has 0 unspecified atom stereocenters. The molecule has 2 aliphatic heterocycles. The molecule has 0 saturated carbocycles. The molecule has 6 nitrogen and oxygen atoms in total. The fraction of sp³-hybridized carbons (Fsp3) is 0.375. The lowest BCUT2D eigenvalue weighted by atomic mass is 10.0. The molecule has 14 heteroatoms. The van der Waals surface area contributed by atoms with Crippen molar-refractivity contribution in [1.82, 2.24) is 9.80 Å². The molecule has 1 N–H and O–H groups in total. The number of aliphatic carboxylic acids is 1. The average Bonchev–Trinajstić information content (AvgIpc) is 3.41. The van der Waals surface area contributed by atoms with Crippen LogP contribution in [0.5, 0.6) is 0 Å². The van der Waals surface area contributed by atoms with Gasteiger partial charge in [-0.3, -0.25) is 14.5 Å². The minimum atomic E-state index is -4.99. The summed E-state index contributed by atoms with van der Waals surface area (Å²) < 4.78 is 85.0. The van der Waals surface area contributed by atoms with Crippen LogP contribution in [0.4, 0.5) is 26.3 Å². The summed E-state index contributed by atoms with van der Waals surface area (Å²) in [6, 6.07) is 3.58. The molecule has 0 spiro atoms. The zero-order chi connectivity index (χ0) is 27.8. The van der Waals surface area contributed by atoms with E-state index >= 15 is 0 Å². The summed E-state index contributed by atoms with van der Waals surface area (Å²) in [5.41, 5.74) is -3.33. The maximum Gasteiger partial charge on any atom is 0.416 e. The van der Waals surface area contributed by atoms with Crippen LogP contribution >= 0.6 is 24.0 Å². The molecule has 2 fully saturated rings. The number of piperidine rings is 1. The second-order valence-corrected chi connectivity index (χ2v) is 10.4. The van der Waals surface area contributed by atoms with E-state index in [1.165, 1.54) is 23.1 Å². The smallest absolute Gasteiger partial charge is 0.416 e. The van der Waals surface area contributed by atoms with E-state index in [0.29, 0.717) is 48.9 Å². The van der Waals surface area contributed by atoms with Crippen molar-refractivity contribution in [2.24, 2.45) is 0 Å². The molecule has 0 bridgehead atoms. The Kier molecular flexibility index (Phi) is 7.96. The highest BCUT2D eigenvalue weighted by Crippen LogP contribution is 2.40. The highest BCUT2D eigenvalue weighted by atomic mass is 32.2. The summed E-state index contributed by atoms with van der Waals surface area (Å²) in [5.74, 6) is -1.42. The molecule has 38 heavy (non-hydrogen) atoms. The van der Waals surface area contributed by atoms with Gasteiger partial charge in [0.2, 0.25) is 0 Å². The van der Waals surface area contributed by atoms with Gasteiger partial charge in [-0.1, -0.05) is 24.0 Å². The molecule has 0 atom stereocenters. The molecular weight excluding hydrogens is 558 g/mol. The van der Waals surface area contributed by atoms with Gasteiger partial charge in [-0.05, 0) is 43.2 Å². The van der Waals surface area contributed by atoms with Crippen molar-refractivity contribution in [3.8, 4) is 11.3 Å². The number of alkyl halides is 6. The maximum absolute atomic E-state index is 13.2. The lowest BCUT2D eigenvalue weighted by molar-refractivity contribution is -0.143. The van der Waals surface area contributed by atoms with Gasteiger partial charge in [-0.25, -0.2) is 0 Å². The lowest BCUT2D eigenvalue weighted by Crippen LogP contribution is -2.46. The Labute approximate surface area is 222 Å². The lowest BCUT2D eigenvalue weighted by Gasteiger charge is -2.35. The summed E-state index contributed by atoms with van der Waals surface area (Å²) in [4.78, 5) is 27.5. The SMILES string of the molecule is O=C(O)CCN1CCC(N2C(=O)C(=Cc3ccc(-c4cc(C(F)(F)F)cc(C(F)(F)F)c4)o3)SC2=S)CC1. The standard InChI is InChI=1S/C24H20F6N2O4S2/c25-23(26,27)14-9-13(10-15(11-14)24(28,29)30)18-2-1-17(36-18)12-19-21(35)32(22(37)38-19)16-3-6-31(7-4-16)8-5-20(33)34/h1-2,9-12,16H,3-8H2,(H,33,34). The summed E-state index contributed by atoms with van der Waals surface area (Å²) in [6.07, 6.45) is -7.42. The third-order valence-corrected chi connectivity index (χ3v) is 7.49. The predicted molar refractivity (Wildman–Crippen MR) is 131 cm³/mol. The van der Waals surface area contributed by atoms with E-state index in [9.17, 15) is 35.9 Å². The molecule has 1 amide bonds. The van der Waals surface area contributed by atoms with Crippen LogP contribution in [0.15, 0.2) is 39.7 Å². The molecule has 2 saturated heterocycles. The van der Waals surface area contributed by atoms with Crippen LogP contribution in [0.25, 0.3) is 17.4 Å². The highest BCUT2D eigenvalue weighted by Gasteiger charge is 2.39. The molecule has 204 valence electrons. The number of carboxylic acids is 1. The number of likely N-dealkylation sites (tertiary alicyclic amines) is 1. The summed E-state index contributed by atoms with van der Waals surface area (Å²) in [7, 11) is 0. The minimum absolute atomic E-state index is 0.0254. The molecule has 1 aromatic carbocycles. The van der Waals surface area contributed by atoms with E-state index < -0.39 is 35.0 Å². The number of carboxylic acid groups (broad SMARTS) is 1. The van der Waals surface area contributed by atoms with Crippen LogP contribution in [0.3, 0.4) is 0 Å². The molecule has 0 radical (unpaired) electrons. The second kappa shape index (κ2) is 10.7. The van der Waals surface area contributed by atoms with Crippen molar-refractivity contribution in [2.45, 2.75) is 37.7 Å². The third-order valence-electron chi connectivity index (χ3n) is 6.16. The Morgan fingerprint density at radius 2 is 1.68 bits per heavy atom. The number of rotatable bonds is 6. The molecule has 3 heterocycles. The molecule has 1 aromatic heterocycles. The Hall–Kier alpha value is -2.84. The number of thiocarbonyl (C=S) groups is 1. The normalized spacial score (nSPS) is 19.1. The zero-order valence-electron chi connectivity index (χ0n) is 19.4. The van der Waals surface area contributed by atoms with Crippen LogP contribution in [-0.4, -0.2) is 56.8 Å². The van der Waals surface area contributed by atoms with E-state index in [1.807, 2.05) is 4.90 Å². The Bertz CT molecular complexity index is 1250. The van der Waals surface area contributed by atoms with E-state index in [2.05, 4.69) is 0 Å². The van der Waals surface area contributed by atoms with E-state index in [-0.39, 0.29) is 40.9 Å². The number of carbonyl (C=O) groups excluding carboxylic acids is 1. The number of halogens is 6. The van der Waals surface area contributed by atoms with Gasteiger partial charge in [-0.15, -0.1) is 0 Å². The first-order chi connectivity index (χ1) is 17.7. The van der Waals surface area contributed by atoms with Gasteiger partial charge >= 0.3 is 18.3 Å². The molecule has 2 aliphatic rings. The fourth-order valence-electron chi connectivity index (χ4n) is 4.26. The Morgan fingerprint density at radius 3 is 2.24 bits per heavy atom. The fourth-order valence-corrected chi connectivity index (χ4v) is 5.64. The number of thioether (sulfide) groups is 1. The number of amides is 1. The first kappa shape index (κ1) is 28.2. The number of carbonyl (C=O) groups is 2. The van der Waals surface area contributed by atoms with Gasteiger partial charge in [0, 0.05) is 37.3 Å². The van der Waals surface area contributed by atoms with E-state index in [4.69, 9.17) is 21.7 Å². The summed E-state index contributed by atoms with van der Waals surface area (Å²) in [5, 5.41) is 8.84. The molecule has 4 rings (SSSR count).